The number of benzene rings is 1. The minimum absolute atomic E-state index is 0.0349. The van der Waals surface area contributed by atoms with Crippen molar-refractivity contribution in [1.29, 1.82) is 0 Å². The van der Waals surface area contributed by atoms with Crippen molar-refractivity contribution in [3.8, 4) is 11.5 Å². The average Bonchev–Trinajstić information content (AvgIpc) is 3.07. The minimum Gasteiger partial charge on any atom is -0.486 e. The van der Waals surface area contributed by atoms with Gasteiger partial charge in [-0.15, -0.1) is 10.2 Å². The normalized spacial score (nSPS) is 14.2. The molecule has 0 fully saturated rings. The lowest BCUT2D eigenvalue weighted by atomic mass is 10.1. The summed E-state index contributed by atoms with van der Waals surface area (Å²) in [6, 6.07) is 5.65. The van der Waals surface area contributed by atoms with Crippen molar-refractivity contribution in [2.24, 2.45) is 0 Å². The van der Waals surface area contributed by atoms with Crippen molar-refractivity contribution in [2.75, 3.05) is 24.7 Å². The van der Waals surface area contributed by atoms with Gasteiger partial charge in [-0.05, 0) is 30.4 Å². The highest BCUT2D eigenvalue weighted by molar-refractivity contribution is 8.03. The molecule has 0 aliphatic carbocycles. The summed E-state index contributed by atoms with van der Waals surface area (Å²) in [4.78, 5) is 12.2. The van der Waals surface area contributed by atoms with E-state index >= 15 is 0 Å². The minimum atomic E-state index is -0.107. The van der Waals surface area contributed by atoms with Crippen molar-refractivity contribution in [3.63, 3.8) is 0 Å². The van der Waals surface area contributed by atoms with Crippen LogP contribution in [0.1, 0.15) is 25.5 Å². The first-order valence-electron chi connectivity index (χ1n) is 7.93. The van der Waals surface area contributed by atoms with Gasteiger partial charge in [-0.1, -0.05) is 47.9 Å². The number of rotatable bonds is 7. The van der Waals surface area contributed by atoms with Crippen LogP contribution in [0.3, 0.4) is 0 Å². The van der Waals surface area contributed by atoms with Crippen molar-refractivity contribution >= 4 is 40.8 Å². The highest BCUT2D eigenvalue weighted by atomic mass is 32.2. The second kappa shape index (κ2) is 8.77. The predicted octanol–water partition coefficient (Wildman–Crippen LogP) is 3.39. The summed E-state index contributed by atoms with van der Waals surface area (Å²) in [6.45, 7) is 5.15. The molecule has 134 valence electrons. The molecule has 1 atom stereocenters. The van der Waals surface area contributed by atoms with E-state index in [9.17, 15) is 4.79 Å². The number of carbonyl (C=O) groups excluding carboxylic acids is 1. The summed E-state index contributed by atoms with van der Waals surface area (Å²) < 4.78 is 12.9. The van der Waals surface area contributed by atoms with Crippen LogP contribution in [0, 0.1) is 0 Å². The maximum absolute atomic E-state index is 12.2. The van der Waals surface area contributed by atoms with Crippen LogP contribution < -0.4 is 14.8 Å². The molecule has 2 aromatic rings. The van der Waals surface area contributed by atoms with Gasteiger partial charge in [-0.2, -0.15) is 0 Å². The Hall–Kier alpha value is -1.45. The van der Waals surface area contributed by atoms with Gasteiger partial charge < -0.3 is 14.8 Å². The first-order chi connectivity index (χ1) is 12.2. The standard InChI is InChI=1S/C16H19N3O3S3/c1-3-23-15-18-19-16(25-15)24-9-14(20)17-10(2)11-4-5-12-13(8-11)22-7-6-21-12/h4-5,8,10H,3,6-7,9H2,1-2H3,(H,17,20). The largest absolute Gasteiger partial charge is 0.486 e. The first-order valence-corrected chi connectivity index (χ1v) is 10.7. The van der Waals surface area contributed by atoms with E-state index in [2.05, 4.69) is 22.4 Å². The fourth-order valence-corrected chi connectivity index (χ4v) is 4.99. The molecule has 25 heavy (non-hydrogen) atoms. The lowest BCUT2D eigenvalue weighted by molar-refractivity contribution is -0.119. The zero-order valence-corrected chi connectivity index (χ0v) is 16.4. The zero-order chi connectivity index (χ0) is 17.6. The van der Waals surface area contributed by atoms with Crippen LogP contribution in [0.5, 0.6) is 11.5 Å². The molecule has 1 aliphatic rings. The third-order valence-electron chi connectivity index (χ3n) is 3.43. The number of nitrogens with one attached hydrogen (secondary N) is 1. The fourth-order valence-electron chi connectivity index (χ4n) is 2.26. The monoisotopic (exact) mass is 397 g/mol. The highest BCUT2D eigenvalue weighted by Gasteiger charge is 2.16. The van der Waals surface area contributed by atoms with Crippen molar-refractivity contribution in [2.45, 2.75) is 28.6 Å². The Bertz CT molecular complexity index is 738. The Kier molecular flexibility index (Phi) is 6.44. The molecule has 1 aromatic heterocycles. The molecule has 1 amide bonds. The smallest absolute Gasteiger partial charge is 0.230 e. The number of carbonyl (C=O) groups is 1. The quantitative estimate of drug-likeness (QED) is 0.718. The number of ether oxygens (including phenoxy) is 2. The summed E-state index contributed by atoms with van der Waals surface area (Å²) in [6.07, 6.45) is 0. The van der Waals surface area contributed by atoms with Crippen LogP contribution in [-0.2, 0) is 4.79 Å². The van der Waals surface area contributed by atoms with E-state index in [1.807, 2.05) is 25.1 Å². The molecule has 2 heterocycles. The lowest BCUT2D eigenvalue weighted by Crippen LogP contribution is -2.28. The molecule has 0 bridgehead atoms. The number of fused-ring (bicyclic) bond motifs is 1. The molecule has 1 unspecified atom stereocenters. The van der Waals surface area contributed by atoms with Crippen molar-refractivity contribution in [1.82, 2.24) is 15.5 Å². The number of amides is 1. The van der Waals surface area contributed by atoms with Crippen LogP contribution in [0.4, 0.5) is 0 Å². The van der Waals surface area contributed by atoms with E-state index in [4.69, 9.17) is 9.47 Å². The fraction of sp³-hybridized carbons (Fsp3) is 0.438. The number of hydrogen-bond acceptors (Lipinski definition) is 8. The molecule has 9 heteroatoms. The average molecular weight is 398 g/mol. The number of aromatic nitrogens is 2. The summed E-state index contributed by atoms with van der Waals surface area (Å²) in [5.41, 5.74) is 0.986. The van der Waals surface area contributed by atoms with E-state index in [-0.39, 0.29) is 11.9 Å². The molecular weight excluding hydrogens is 378 g/mol. The molecule has 1 N–H and O–H groups in total. The van der Waals surface area contributed by atoms with Gasteiger partial charge in [0.1, 0.15) is 13.2 Å². The van der Waals surface area contributed by atoms with Crippen LogP contribution in [0.15, 0.2) is 26.9 Å². The Labute approximate surface area is 159 Å². The van der Waals surface area contributed by atoms with E-state index in [1.165, 1.54) is 23.1 Å². The summed E-state index contributed by atoms with van der Waals surface area (Å²) in [7, 11) is 0. The molecule has 1 aliphatic heterocycles. The second-order valence-electron chi connectivity index (χ2n) is 5.25. The van der Waals surface area contributed by atoms with Crippen LogP contribution >= 0.6 is 34.9 Å². The van der Waals surface area contributed by atoms with E-state index in [1.54, 1.807) is 11.8 Å². The van der Waals surface area contributed by atoms with Crippen molar-refractivity contribution in [3.05, 3.63) is 23.8 Å². The van der Waals surface area contributed by atoms with Crippen LogP contribution in [-0.4, -0.2) is 40.8 Å². The molecule has 0 saturated carbocycles. The third-order valence-corrected chi connectivity index (χ3v) is 6.50. The van der Waals surface area contributed by atoms with Crippen LogP contribution in [0.25, 0.3) is 0 Å². The summed E-state index contributed by atoms with van der Waals surface area (Å²) in [5.74, 6) is 2.73. The van der Waals surface area contributed by atoms with Crippen LogP contribution in [0.2, 0.25) is 0 Å². The van der Waals surface area contributed by atoms with Gasteiger partial charge in [0.05, 0.1) is 11.8 Å². The lowest BCUT2D eigenvalue weighted by Gasteiger charge is -2.21. The maximum Gasteiger partial charge on any atom is 0.230 e. The summed E-state index contributed by atoms with van der Waals surface area (Å²) >= 11 is 4.59. The number of nitrogens with zero attached hydrogens (tertiary/aromatic N) is 2. The number of hydrogen-bond donors (Lipinski definition) is 1. The third kappa shape index (κ3) is 5.02. The molecule has 0 spiro atoms. The summed E-state index contributed by atoms with van der Waals surface area (Å²) in [5, 5.41) is 11.2. The van der Waals surface area contributed by atoms with E-state index < -0.39 is 0 Å². The molecule has 0 radical (unpaired) electrons. The van der Waals surface area contributed by atoms with Gasteiger partial charge in [-0.3, -0.25) is 4.79 Å². The molecule has 0 saturated heterocycles. The zero-order valence-electron chi connectivity index (χ0n) is 14.0. The number of thioether (sulfide) groups is 2. The van der Waals surface area contributed by atoms with E-state index in [0.29, 0.717) is 19.0 Å². The van der Waals surface area contributed by atoms with Gasteiger partial charge in [0.15, 0.2) is 20.2 Å². The van der Waals surface area contributed by atoms with Gasteiger partial charge in [0, 0.05) is 0 Å². The molecule has 1 aromatic carbocycles. The maximum atomic E-state index is 12.2. The highest BCUT2D eigenvalue weighted by Crippen LogP contribution is 2.33. The Morgan fingerprint density at radius 3 is 2.72 bits per heavy atom. The first kappa shape index (κ1) is 18.3. The SMILES string of the molecule is CCSc1nnc(SCC(=O)NC(C)c2ccc3c(c2)OCCO3)s1. The van der Waals surface area contributed by atoms with Gasteiger partial charge in [-0.25, -0.2) is 0 Å². The van der Waals surface area contributed by atoms with E-state index in [0.717, 1.165) is 31.5 Å². The molecule has 3 rings (SSSR count). The molecular formula is C16H19N3O3S3. The molecule has 6 nitrogen and oxygen atoms in total. The Morgan fingerprint density at radius 2 is 1.96 bits per heavy atom. The Morgan fingerprint density at radius 1 is 1.24 bits per heavy atom. The Balaban J connectivity index is 1.51. The second-order valence-corrected chi connectivity index (χ2v) is 8.96. The van der Waals surface area contributed by atoms with Crippen molar-refractivity contribution < 1.29 is 14.3 Å². The van der Waals surface area contributed by atoms with Gasteiger partial charge in [0.2, 0.25) is 5.91 Å². The van der Waals surface area contributed by atoms with Gasteiger partial charge in [0.25, 0.3) is 0 Å². The van der Waals surface area contributed by atoms with Gasteiger partial charge >= 0.3 is 0 Å². The predicted molar refractivity (Wildman–Crippen MR) is 101 cm³/mol. The topological polar surface area (TPSA) is 73.3 Å².